The second kappa shape index (κ2) is 15.8. The highest BCUT2D eigenvalue weighted by atomic mass is 35.5. The minimum absolute atomic E-state index is 0.0539. The zero-order chi connectivity index (χ0) is 24.7. The summed E-state index contributed by atoms with van der Waals surface area (Å²) < 4.78 is 32.5. The lowest BCUT2D eigenvalue weighted by Gasteiger charge is -2.15. The number of aromatic nitrogens is 1. The number of halogens is 1. The fraction of sp³-hybridized carbons (Fsp3) is 0.538. The van der Waals surface area contributed by atoms with Crippen LogP contribution in [0.3, 0.4) is 0 Å². The molecule has 0 saturated carbocycles. The fourth-order valence-corrected chi connectivity index (χ4v) is 5.06. The number of aryl methyl sites for hydroxylation is 1. The first-order chi connectivity index (χ1) is 16.4. The Morgan fingerprint density at radius 1 is 1.00 bits per heavy atom. The quantitative estimate of drug-likeness (QED) is 0.211. The minimum atomic E-state index is -3.51. The van der Waals surface area contributed by atoms with Crippen molar-refractivity contribution >= 4 is 27.6 Å². The van der Waals surface area contributed by atoms with E-state index in [9.17, 15) is 13.2 Å². The van der Waals surface area contributed by atoms with E-state index >= 15 is 0 Å². The maximum Gasteiger partial charge on any atom is 0.308 e. The monoisotopic (exact) mass is 508 g/mol. The average molecular weight is 509 g/mol. The van der Waals surface area contributed by atoms with Crippen LogP contribution in [0.5, 0.6) is 0 Å². The van der Waals surface area contributed by atoms with Crippen LogP contribution in [-0.2, 0) is 26.0 Å². The molecule has 2 rings (SSSR count). The highest BCUT2D eigenvalue weighted by molar-refractivity contribution is 7.89. The molecule has 0 spiro atoms. The molecule has 0 amide bonds. The van der Waals surface area contributed by atoms with Crippen LogP contribution in [0.4, 0.5) is 0 Å². The zero-order valence-corrected chi connectivity index (χ0v) is 21.6. The molecule has 2 aromatic rings. The van der Waals surface area contributed by atoms with Crippen LogP contribution in [0.25, 0.3) is 0 Å². The summed E-state index contributed by atoms with van der Waals surface area (Å²) in [6, 6.07) is 10.2. The van der Waals surface area contributed by atoms with Gasteiger partial charge in [-0.15, -0.1) is 0 Å². The lowest BCUT2D eigenvalue weighted by molar-refractivity contribution is -0.148. The van der Waals surface area contributed by atoms with Crippen molar-refractivity contribution in [3.63, 3.8) is 0 Å². The second-order valence-electron chi connectivity index (χ2n) is 8.46. The van der Waals surface area contributed by atoms with Gasteiger partial charge in [0.05, 0.1) is 17.4 Å². The van der Waals surface area contributed by atoms with Crippen LogP contribution in [0.15, 0.2) is 53.7 Å². The molecule has 0 aliphatic carbocycles. The van der Waals surface area contributed by atoms with Crippen molar-refractivity contribution < 1.29 is 17.9 Å². The normalized spacial score (nSPS) is 12.4. The number of carbonyl (C=O) groups is 1. The molecule has 1 aromatic carbocycles. The molecule has 6 nitrogen and oxygen atoms in total. The standard InChI is InChI=1S/C26H37ClN2O4S/c1-2-33-26(30)23(14-8-5-6-11-22-12-10-19-28-21-22)13-7-3-4-9-20-29-34(31,32)25-17-15-24(27)16-18-25/h10,12,15-19,21,23,29H,2-9,11,13-14,20H2,1H3. The van der Waals surface area contributed by atoms with Crippen molar-refractivity contribution in [3.8, 4) is 0 Å². The molecule has 1 atom stereocenters. The maximum absolute atomic E-state index is 12.3. The first kappa shape index (κ1) is 28.3. The van der Waals surface area contributed by atoms with Gasteiger partial charge < -0.3 is 4.74 Å². The third-order valence-corrected chi connectivity index (χ3v) is 7.49. The molecule has 0 fully saturated rings. The highest BCUT2D eigenvalue weighted by Gasteiger charge is 2.19. The maximum atomic E-state index is 12.3. The Hall–Kier alpha value is -1.96. The number of esters is 1. The average Bonchev–Trinajstić information content (AvgIpc) is 2.83. The van der Waals surface area contributed by atoms with Gasteiger partial charge in [-0.05, 0) is 74.9 Å². The largest absolute Gasteiger partial charge is 0.466 e. The summed E-state index contributed by atoms with van der Waals surface area (Å²) in [5.74, 6) is -0.146. The summed E-state index contributed by atoms with van der Waals surface area (Å²) in [7, 11) is -3.51. The summed E-state index contributed by atoms with van der Waals surface area (Å²) in [5.41, 5.74) is 1.25. The molecule has 0 radical (unpaired) electrons. The van der Waals surface area contributed by atoms with Crippen LogP contribution in [0.2, 0.25) is 5.02 Å². The molecule has 0 saturated heterocycles. The topological polar surface area (TPSA) is 85.4 Å². The van der Waals surface area contributed by atoms with Crippen molar-refractivity contribution in [2.45, 2.75) is 76.0 Å². The number of benzene rings is 1. The van der Waals surface area contributed by atoms with Gasteiger partial charge in [0, 0.05) is 24.0 Å². The lowest BCUT2D eigenvalue weighted by Crippen LogP contribution is -2.24. The van der Waals surface area contributed by atoms with E-state index in [4.69, 9.17) is 16.3 Å². The molecule has 8 heteroatoms. The van der Waals surface area contributed by atoms with E-state index in [0.717, 1.165) is 64.2 Å². The summed E-state index contributed by atoms with van der Waals surface area (Å²) in [6.07, 6.45) is 13.1. The number of hydrogen-bond donors (Lipinski definition) is 1. The van der Waals surface area contributed by atoms with Crippen LogP contribution in [0, 0.1) is 5.92 Å². The zero-order valence-electron chi connectivity index (χ0n) is 20.0. The lowest BCUT2D eigenvalue weighted by atomic mass is 9.94. The molecule has 1 unspecified atom stereocenters. The molecule has 1 N–H and O–H groups in total. The molecule has 1 heterocycles. The van der Waals surface area contributed by atoms with Gasteiger partial charge >= 0.3 is 5.97 Å². The van der Waals surface area contributed by atoms with Gasteiger partial charge in [0.1, 0.15) is 0 Å². The number of carbonyl (C=O) groups excluding carboxylic acids is 1. The number of nitrogens with one attached hydrogen (secondary N) is 1. The van der Waals surface area contributed by atoms with Crippen molar-refractivity contribution in [2.24, 2.45) is 5.92 Å². The summed E-state index contributed by atoms with van der Waals surface area (Å²) in [4.78, 5) is 16.7. The van der Waals surface area contributed by atoms with Gasteiger partial charge in [0.2, 0.25) is 10.0 Å². The summed E-state index contributed by atoms with van der Waals surface area (Å²) >= 11 is 5.82. The van der Waals surface area contributed by atoms with Crippen LogP contribution in [-0.4, -0.2) is 32.5 Å². The molecule has 34 heavy (non-hydrogen) atoms. The minimum Gasteiger partial charge on any atom is -0.466 e. The van der Waals surface area contributed by atoms with Gasteiger partial charge in [-0.25, -0.2) is 13.1 Å². The first-order valence-electron chi connectivity index (χ1n) is 12.2. The number of rotatable bonds is 17. The fourth-order valence-electron chi connectivity index (χ4n) is 3.86. The van der Waals surface area contributed by atoms with Crippen LogP contribution >= 0.6 is 11.6 Å². The Balaban J connectivity index is 1.61. The highest BCUT2D eigenvalue weighted by Crippen LogP contribution is 2.20. The Morgan fingerprint density at radius 3 is 2.32 bits per heavy atom. The molecule has 188 valence electrons. The predicted octanol–water partition coefficient (Wildman–Crippen LogP) is 5.95. The second-order valence-corrected chi connectivity index (χ2v) is 10.7. The molecule has 1 aromatic heterocycles. The number of pyridine rings is 1. The Labute approximate surface area is 209 Å². The third-order valence-electron chi connectivity index (χ3n) is 5.76. The molecular formula is C26H37ClN2O4S. The number of hydrogen-bond acceptors (Lipinski definition) is 5. The van der Waals surface area contributed by atoms with Crippen molar-refractivity contribution in [2.75, 3.05) is 13.2 Å². The molecule has 0 bridgehead atoms. The smallest absolute Gasteiger partial charge is 0.308 e. The van der Waals surface area contributed by atoms with Gasteiger partial charge in [-0.2, -0.15) is 0 Å². The van der Waals surface area contributed by atoms with Crippen molar-refractivity contribution in [1.29, 1.82) is 0 Å². The number of unbranched alkanes of at least 4 members (excludes halogenated alkanes) is 5. The Kier molecular flexibility index (Phi) is 13.2. The Morgan fingerprint density at radius 2 is 1.68 bits per heavy atom. The number of sulfonamides is 1. The number of ether oxygens (including phenoxy) is 1. The molecular weight excluding hydrogens is 472 g/mol. The van der Waals surface area contributed by atoms with E-state index < -0.39 is 10.0 Å². The van der Waals surface area contributed by atoms with Gasteiger partial charge in [-0.1, -0.05) is 49.8 Å². The van der Waals surface area contributed by atoms with Crippen LogP contribution < -0.4 is 4.72 Å². The number of nitrogens with zero attached hydrogens (tertiary/aromatic N) is 1. The van der Waals surface area contributed by atoms with Crippen LogP contribution in [0.1, 0.15) is 70.3 Å². The van der Waals surface area contributed by atoms with E-state index in [0.29, 0.717) is 18.2 Å². The predicted molar refractivity (Wildman–Crippen MR) is 136 cm³/mol. The summed E-state index contributed by atoms with van der Waals surface area (Å²) in [6.45, 7) is 2.64. The SMILES string of the molecule is CCOC(=O)C(CCCCCCNS(=O)(=O)c1ccc(Cl)cc1)CCCCCc1cccnc1. The van der Waals surface area contributed by atoms with E-state index in [1.807, 2.05) is 19.2 Å². The van der Waals surface area contributed by atoms with E-state index in [2.05, 4.69) is 15.8 Å². The van der Waals surface area contributed by atoms with Gasteiger partial charge in [0.25, 0.3) is 0 Å². The summed E-state index contributed by atoms with van der Waals surface area (Å²) in [5, 5.41) is 0.504. The first-order valence-corrected chi connectivity index (χ1v) is 14.1. The van der Waals surface area contributed by atoms with E-state index in [1.54, 1.807) is 18.3 Å². The van der Waals surface area contributed by atoms with Crippen molar-refractivity contribution in [1.82, 2.24) is 9.71 Å². The molecule has 0 aliphatic rings. The third kappa shape index (κ3) is 11.0. The molecule has 0 aliphatic heterocycles. The van der Waals surface area contributed by atoms with E-state index in [-0.39, 0.29) is 16.8 Å². The van der Waals surface area contributed by atoms with Gasteiger partial charge in [0.15, 0.2) is 0 Å². The van der Waals surface area contributed by atoms with E-state index in [1.165, 1.54) is 17.7 Å². The Bertz CT molecular complexity index is 937. The van der Waals surface area contributed by atoms with Crippen molar-refractivity contribution in [3.05, 3.63) is 59.4 Å². The van der Waals surface area contributed by atoms with Gasteiger partial charge in [-0.3, -0.25) is 9.78 Å².